The van der Waals surface area contributed by atoms with Crippen LogP contribution in [-0.2, 0) is 4.74 Å². The zero-order chi connectivity index (χ0) is 12.7. The number of ether oxygens (including phenoxy) is 1. The number of hydrogen-bond acceptors (Lipinski definition) is 5. The lowest BCUT2D eigenvalue weighted by molar-refractivity contribution is -0.0537. The second-order valence-corrected chi connectivity index (χ2v) is 4.99. The molecule has 1 aromatic rings. The van der Waals surface area contributed by atoms with Crippen LogP contribution in [0.1, 0.15) is 6.23 Å². The van der Waals surface area contributed by atoms with Gasteiger partial charge < -0.3 is 20.1 Å². The fraction of sp³-hybridized carbons (Fsp3) is 0.625. The summed E-state index contributed by atoms with van der Waals surface area (Å²) in [5.41, 5.74) is 0. The minimum absolute atomic E-state index is 0.0521. The number of aliphatic hydroxyl groups excluding tert-OH is 3. The number of nitrogens with zero attached hydrogens (tertiary/aromatic N) is 2. The second kappa shape index (κ2) is 5.00. The average molecular weight is 348 g/mol. The van der Waals surface area contributed by atoms with E-state index in [1.165, 1.54) is 4.57 Å². The molecule has 2 rings (SSSR count). The number of halogens is 3. The van der Waals surface area contributed by atoms with Crippen LogP contribution < -0.4 is 0 Å². The summed E-state index contributed by atoms with van der Waals surface area (Å²) in [6, 6.07) is 0. The SMILES string of the molecule is OCC1OC(n2c(Br)nc(Cl)c2Cl)[C@@H](O)C1O. The molecule has 17 heavy (non-hydrogen) atoms. The molecule has 0 amide bonds. The van der Waals surface area contributed by atoms with Crippen LogP contribution in [0.4, 0.5) is 0 Å². The van der Waals surface area contributed by atoms with Gasteiger partial charge in [-0.15, -0.1) is 0 Å². The van der Waals surface area contributed by atoms with Crippen LogP contribution in [0.25, 0.3) is 0 Å². The maximum atomic E-state index is 9.81. The van der Waals surface area contributed by atoms with Gasteiger partial charge in [-0.25, -0.2) is 4.98 Å². The van der Waals surface area contributed by atoms with Crippen LogP contribution in [0.5, 0.6) is 0 Å². The molecule has 0 saturated carbocycles. The highest BCUT2D eigenvalue weighted by atomic mass is 79.9. The van der Waals surface area contributed by atoms with Crippen molar-refractivity contribution in [2.75, 3.05) is 6.61 Å². The summed E-state index contributed by atoms with van der Waals surface area (Å²) in [6.07, 6.45) is -4.26. The summed E-state index contributed by atoms with van der Waals surface area (Å²) in [4.78, 5) is 3.84. The Kier molecular flexibility index (Phi) is 3.99. The first kappa shape index (κ1) is 13.5. The third-order valence-electron chi connectivity index (χ3n) is 2.54. The number of aromatic nitrogens is 2. The summed E-state index contributed by atoms with van der Waals surface area (Å²) < 4.78 is 6.86. The summed E-state index contributed by atoms with van der Waals surface area (Å²) in [7, 11) is 0. The Hall–Kier alpha value is 0.110. The predicted octanol–water partition coefficient (Wildman–Crippen LogP) is 0.564. The van der Waals surface area contributed by atoms with Crippen molar-refractivity contribution in [3.63, 3.8) is 0 Å². The van der Waals surface area contributed by atoms with E-state index in [-0.39, 0.29) is 15.0 Å². The average Bonchev–Trinajstić information content (AvgIpc) is 2.69. The zero-order valence-electron chi connectivity index (χ0n) is 8.29. The Labute approximate surface area is 115 Å². The van der Waals surface area contributed by atoms with E-state index >= 15 is 0 Å². The number of imidazole rings is 1. The van der Waals surface area contributed by atoms with Crippen molar-refractivity contribution in [3.05, 3.63) is 15.0 Å². The molecule has 1 saturated heterocycles. The molecule has 0 bridgehead atoms. The van der Waals surface area contributed by atoms with Crippen molar-refractivity contribution in [2.24, 2.45) is 0 Å². The molecule has 0 radical (unpaired) electrons. The molecule has 1 aliphatic rings. The highest BCUT2D eigenvalue weighted by Gasteiger charge is 2.44. The van der Waals surface area contributed by atoms with Gasteiger partial charge >= 0.3 is 0 Å². The van der Waals surface area contributed by atoms with Crippen LogP contribution in [0, 0.1) is 0 Å². The van der Waals surface area contributed by atoms with Crippen molar-refractivity contribution in [2.45, 2.75) is 24.5 Å². The molecule has 3 N–H and O–H groups in total. The molecular weight excluding hydrogens is 339 g/mol. The minimum Gasteiger partial charge on any atom is -0.394 e. The van der Waals surface area contributed by atoms with Gasteiger partial charge in [0.2, 0.25) is 0 Å². The smallest absolute Gasteiger partial charge is 0.182 e. The maximum Gasteiger partial charge on any atom is 0.182 e. The van der Waals surface area contributed by atoms with E-state index < -0.39 is 31.1 Å². The van der Waals surface area contributed by atoms with E-state index in [2.05, 4.69) is 20.9 Å². The summed E-state index contributed by atoms with van der Waals surface area (Å²) >= 11 is 14.7. The first-order valence-electron chi connectivity index (χ1n) is 4.68. The van der Waals surface area contributed by atoms with Crippen molar-refractivity contribution in [1.29, 1.82) is 0 Å². The van der Waals surface area contributed by atoms with E-state index in [1.807, 2.05) is 0 Å². The van der Waals surface area contributed by atoms with Gasteiger partial charge in [-0.1, -0.05) is 23.2 Å². The molecule has 1 aromatic heterocycles. The third-order valence-corrected chi connectivity index (χ3v) is 3.82. The minimum atomic E-state index is -1.23. The van der Waals surface area contributed by atoms with E-state index in [0.717, 1.165) is 0 Å². The highest BCUT2D eigenvalue weighted by molar-refractivity contribution is 9.10. The lowest BCUT2D eigenvalue weighted by Gasteiger charge is -2.17. The van der Waals surface area contributed by atoms with Crippen LogP contribution in [-0.4, -0.2) is 49.8 Å². The largest absolute Gasteiger partial charge is 0.394 e. The normalized spacial score (nSPS) is 33.3. The topological polar surface area (TPSA) is 87.7 Å². The first-order valence-corrected chi connectivity index (χ1v) is 6.23. The maximum absolute atomic E-state index is 9.81. The van der Waals surface area contributed by atoms with E-state index in [9.17, 15) is 10.2 Å². The molecule has 0 spiro atoms. The summed E-state index contributed by atoms with van der Waals surface area (Å²) in [5, 5.41) is 28.5. The molecule has 0 aromatic carbocycles. The van der Waals surface area contributed by atoms with Gasteiger partial charge in [0.05, 0.1) is 6.61 Å². The number of aliphatic hydroxyl groups is 3. The Balaban J connectivity index is 2.35. The predicted molar refractivity (Wildman–Crippen MR) is 63.0 cm³/mol. The summed E-state index contributed by atoms with van der Waals surface area (Å²) in [5.74, 6) is 0. The van der Waals surface area contributed by atoms with Crippen molar-refractivity contribution >= 4 is 39.1 Å². The Morgan fingerprint density at radius 1 is 1.35 bits per heavy atom. The molecule has 6 nitrogen and oxygen atoms in total. The van der Waals surface area contributed by atoms with Gasteiger partial charge in [0.1, 0.15) is 18.3 Å². The summed E-state index contributed by atoms with van der Waals surface area (Å²) in [6.45, 7) is -0.410. The second-order valence-electron chi connectivity index (χ2n) is 3.56. The molecule has 4 atom stereocenters. The third kappa shape index (κ3) is 2.21. The molecule has 0 aliphatic carbocycles. The quantitative estimate of drug-likeness (QED) is 0.727. The molecule has 2 heterocycles. The Morgan fingerprint density at radius 2 is 2.00 bits per heavy atom. The zero-order valence-corrected chi connectivity index (χ0v) is 11.4. The van der Waals surface area contributed by atoms with Crippen LogP contribution in [0.15, 0.2) is 4.73 Å². The lowest BCUT2D eigenvalue weighted by atomic mass is 10.1. The first-order chi connectivity index (χ1) is 7.97. The van der Waals surface area contributed by atoms with Gasteiger partial charge in [-0.05, 0) is 15.9 Å². The fourth-order valence-corrected chi connectivity index (χ4v) is 2.82. The molecular formula is C8H9BrCl2N2O4. The van der Waals surface area contributed by atoms with Gasteiger partial charge in [0, 0.05) is 0 Å². The number of rotatable bonds is 2. The molecule has 9 heteroatoms. The highest BCUT2D eigenvalue weighted by Crippen LogP contribution is 2.36. The monoisotopic (exact) mass is 346 g/mol. The standard InChI is InChI=1S/C8H9BrCl2N2O4/c9-8-12-5(10)6(11)13(8)7-4(16)3(15)2(1-14)17-7/h2-4,7,14-16H,1H2/t2?,3?,4-,7?/m0/s1. The molecule has 1 aliphatic heterocycles. The van der Waals surface area contributed by atoms with Crippen LogP contribution in [0.3, 0.4) is 0 Å². The fourth-order valence-electron chi connectivity index (χ4n) is 1.67. The molecule has 1 fully saturated rings. The lowest BCUT2D eigenvalue weighted by Crippen LogP contribution is -2.33. The van der Waals surface area contributed by atoms with E-state index in [0.29, 0.717) is 0 Å². The molecule has 3 unspecified atom stereocenters. The number of hydrogen-bond donors (Lipinski definition) is 3. The van der Waals surface area contributed by atoms with E-state index in [4.69, 9.17) is 33.0 Å². The van der Waals surface area contributed by atoms with Crippen molar-refractivity contribution in [3.8, 4) is 0 Å². The molecule has 96 valence electrons. The van der Waals surface area contributed by atoms with Crippen molar-refractivity contribution in [1.82, 2.24) is 9.55 Å². The van der Waals surface area contributed by atoms with Gasteiger partial charge in [-0.2, -0.15) is 0 Å². The van der Waals surface area contributed by atoms with Crippen molar-refractivity contribution < 1.29 is 20.1 Å². The Morgan fingerprint density at radius 3 is 2.41 bits per heavy atom. The van der Waals surface area contributed by atoms with Crippen LogP contribution >= 0.6 is 39.1 Å². The van der Waals surface area contributed by atoms with Gasteiger partial charge in [0.15, 0.2) is 21.3 Å². The van der Waals surface area contributed by atoms with Gasteiger partial charge in [0.25, 0.3) is 0 Å². The Bertz CT molecular complexity index is 430. The van der Waals surface area contributed by atoms with E-state index in [1.54, 1.807) is 0 Å². The van der Waals surface area contributed by atoms with Crippen LogP contribution in [0.2, 0.25) is 10.3 Å². The van der Waals surface area contributed by atoms with Gasteiger partial charge in [-0.3, -0.25) is 4.57 Å².